The first-order valence-electron chi connectivity index (χ1n) is 8.15. The van der Waals surface area contributed by atoms with Gasteiger partial charge in [0.15, 0.2) is 0 Å². The lowest BCUT2D eigenvalue weighted by molar-refractivity contribution is 0.260. The van der Waals surface area contributed by atoms with E-state index in [1.54, 1.807) is 19.2 Å². The van der Waals surface area contributed by atoms with Gasteiger partial charge in [0.05, 0.1) is 7.11 Å². The molecule has 3 rings (SSSR count). The van der Waals surface area contributed by atoms with Crippen molar-refractivity contribution in [2.24, 2.45) is 11.3 Å². The number of rotatable bonds is 4. The SMILES string of the molecule is COSC1CCCC(NC2CCC3CC3(C)C2)CC1. The molecule has 3 saturated carbocycles. The lowest BCUT2D eigenvalue weighted by atomic mass is 9.86. The predicted octanol–water partition coefficient (Wildman–Crippen LogP) is 4.15. The van der Waals surface area contributed by atoms with Crippen molar-refractivity contribution in [3.8, 4) is 0 Å². The van der Waals surface area contributed by atoms with Crippen molar-refractivity contribution >= 4 is 12.0 Å². The van der Waals surface area contributed by atoms with Gasteiger partial charge in [-0.3, -0.25) is 0 Å². The van der Waals surface area contributed by atoms with E-state index in [4.69, 9.17) is 4.18 Å². The van der Waals surface area contributed by atoms with Crippen LogP contribution in [0.2, 0.25) is 0 Å². The fourth-order valence-electron chi connectivity index (χ4n) is 4.41. The summed E-state index contributed by atoms with van der Waals surface area (Å²) >= 11 is 1.69. The molecule has 0 heterocycles. The molecule has 3 heteroatoms. The first-order valence-corrected chi connectivity index (χ1v) is 8.95. The Morgan fingerprint density at radius 3 is 2.63 bits per heavy atom. The van der Waals surface area contributed by atoms with E-state index in [-0.39, 0.29) is 0 Å². The molecule has 3 aliphatic carbocycles. The molecule has 3 aliphatic rings. The highest BCUT2D eigenvalue weighted by Gasteiger charge is 2.53. The van der Waals surface area contributed by atoms with Crippen LogP contribution in [0.4, 0.5) is 0 Å². The van der Waals surface area contributed by atoms with Crippen molar-refractivity contribution in [1.82, 2.24) is 5.32 Å². The van der Waals surface area contributed by atoms with Crippen molar-refractivity contribution in [2.75, 3.05) is 7.11 Å². The average Bonchev–Trinajstić information content (AvgIpc) is 3.09. The zero-order valence-electron chi connectivity index (χ0n) is 12.5. The van der Waals surface area contributed by atoms with Gasteiger partial charge in [-0.1, -0.05) is 13.3 Å². The highest BCUT2D eigenvalue weighted by molar-refractivity contribution is 7.95. The number of hydrogen-bond donors (Lipinski definition) is 1. The normalized spacial score (nSPS) is 46.4. The third-order valence-electron chi connectivity index (χ3n) is 5.73. The Bertz CT molecular complexity index is 311. The van der Waals surface area contributed by atoms with Crippen molar-refractivity contribution in [2.45, 2.75) is 82.0 Å². The molecule has 0 saturated heterocycles. The Hall–Kier alpha value is 0.270. The molecular weight excluding hydrogens is 254 g/mol. The molecule has 19 heavy (non-hydrogen) atoms. The van der Waals surface area contributed by atoms with E-state index in [9.17, 15) is 0 Å². The molecule has 0 aromatic carbocycles. The Morgan fingerprint density at radius 2 is 1.84 bits per heavy atom. The minimum Gasteiger partial charge on any atom is -0.318 e. The van der Waals surface area contributed by atoms with E-state index in [0.717, 1.165) is 28.7 Å². The highest BCUT2D eigenvalue weighted by atomic mass is 32.2. The summed E-state index contributed by atoms with van der Waals surface area (Å²) in [5.74, 6) is 1.07. The fourth-order valence-corrected chi connectivity index (χ4v) is 5.18. The zero-order chi connectivity index (χ0) is 13.3. The number of fused-ring (bicyclic) bond motifs is 1. The van der Waals surface area contributed by atoms with Crippen molar-refractivity contribution in [3.63, 3.8) is 0 Å². The van der Waals surface area contributed by atoms with Gasteiger partial charge < -0.3 is 9.50 Å². The number of nitrogens with one attached hydrogen (secondary N) is 1. The molecule has 110 valence electrons. The summed E-state index contributed by atoms with van der Waals surface area (Å²) in [4.78, 5) is 0. The first-order chi connectivity index (χ1) is 9.19. The van der Waals surface area contributed by atoms with Crippen LogP contribution in [0.25, 0.3) is 0 Å². The van der Waals surface area contributed by atoms with Crippen LogP contribution in [0.5, 0.6) is 0 Å². The lowest BCUT2D eigenvalue weighted by Crippen LogP contribution is -2.41. The smallest absolute Gasteiger partial charge is 0.0503 e. The molecule has 0 spiro atoms. The summed E-state index contributed by atoms with van der Waals surface area (Å²) in [6.07, 6.45) is 12.6. The highest BCUT2D eigenvalue weighted by Crippen LogP contribution is 2.60. The standard InChI is InChI=1S/C16H29NOS/c1-16-10-12(16)6-7-14(11-16)17-13-4-3-5-15(9-8-13)19-18-2/h12-15,17H,3-11H2,1-2H3. The van der Waals surface area contributed by atoms with Gasteiger partial charge >= 0.3 is 0 Å². The second kappa shape index (κ2) is 5.95. The van der Waals surface area contributed by atoms with Crippen molar-refractivity contribution in [1.29, 1.82) is 0 Å². The third-order valence-corrected chi connectivity index (χ3v) is 6.67. The second-order valence-electron chi connectivity index (χ2n) is 7.29. The van der Waals surface area contributed by atoms with Gasteiger partial charge in [-0.15, -0.1) is 0 Å². The molecule has 1 N–H and O–H groups in total. The summed E-state index contributed by atoms with van der Waals surface area (Å²) in [6.45, 7) is 2.50. The van der Waals surface area contributed by atoms with Crippen LogP contribution >= 0.6 is 12.0 Å². The Kier molecular flexibility index (Phi) is 4.45. The molecule has 0 bridgehead atoms. The summed E-state index contributed by atoms with van der Waals surface area (Å²) in [5.41, 5.74) is 0.717. The minimum atomic E-state index is 0.717. The predicted molar refractivity (Wildman–Crippen MR) is 82.2 cm³/mol. The maximum atomic E-state index is 5.25. The summed E-state index contributed by atoms with van der Waals surface area (Å²) in [5, 5.41) is 4.72. The van der Waals surface area contributed by atoms with Gasteiger partial charge in [-0.2, -0.15) is 0 Å². The van der Waals surface area contributed by atoms with E-state index in [1.807, 2.05) is 0 Å². The Balaban J connectivity index is 1.45. The van der Waals surface area contributed by atoms with E-state index in [2.05, 4.69) is 12.2 Å². The molecule has 0 radical (unpaired) electrons. The van der Waals surface area contributed by atoms with Gasteiger partial charge in [0.2, 0.25) is 0 Å². The monoisotopic (exact) mass is 283 g/mol. The summed E-state index contributed by atoms with van der Waals surface area (Å²) in [6, 6.07) is 1.58. The van der Waals surface area contributed by atoms with Gasteiger partial charge in [0, 0.05) is 17.3 Å². The van der Waals surface area contributed by atoms with Crippen LogP contribution < -0.4 is 5.32 Å². The lowest BCUT2D eigenvalue weighted by Gasteiger charge is -2.31. The third kappa shape index (κ3) is 3.48. The largest absolute Gasteiger partial charge is 0.318 e. The van der Waals surface area contributed by atoms with Crippen LogP contribution in [0.3, 0.4) is 0 Å². The molecule has 0 aliphatic heterocycles. The molecular formula is C16H29NOS. The second-order valence-corrected chi connectivity index (χ2v) is 8.48. The van der Waals surface area contributed by atoms with Crippen molar-refractivity contribution < 1.29 is 4.18 Å². The van der Waals surface area contributed by atoms with Crippen LogP contribution in [0.1, 0.15) is 64.7 Å². The van der Waals surface area contributed by atoms with E-state index in [1.165, 1.54) is 57.8 Å². The fraction of sp³-hybridized carbons (Fsp3) is 1.00. The van der Waals surface area contributed by atoms with Crippen LogP contribution in [0, 0.1) is 11.3 Å². The Morgan fingerprint density at radius 1 is 1.00 bits per heavy atom. The minimum absolute atomic E-state index is 0.717. The quantitative estimate of drug-likeness (QED) is 0.618. The first kappa shape index (κ1) is 14.2. The van der Waals surface area contributed by atoms with Crippen molar-refractivity contribution in [3.05, 3.63) is 0 Å². The molecule has 2 nitrogen and oxygen atoms in total. The van der Waals surface area contributed by atoms with Gasteiger partial charge in [-0.05, 0) is 74.7 Å². The zero-order valence-corrected chi connectivity index (χ0v) is 13.3. The molecule has 5 unspecified atom stereocenters. The van der Waals surface area contributed by atoms with Gasteiger partial charge in [-0.25, -0.2) is 0 Å². The van der Waals surface area contributed by atoms with Gasteiger partial charge in [0.1, 0.15) is 0 Å². The van der Waals surface area contributed by atoms with Gasteiger partial charge in [0.25, 0.3) is 0 Å². The van der Waals surface area contributed by atoms with E-state index < -0.39 is 0 Å². The number of hydrogen-bond acceptors (Lipinski definition) is 3. The van der Waals surface area contributed by atoms with Crippen LogP contribution in [0.15, 0.2) is 0 Å². The molecule has 0 aromatic heterocycles. The maximum Gasteiger partial charge on any atom is 0.0503 e. The average molecular weight is 283 g/mol. The summed E-state index contributed by atoms with van der Waals surface area (Å²) < 4.78 is 5.25. The molecule has 0 aromatic rings. The van der Waals surface area contributed by atoms with Crippen LogP contribution in [-0.4, -0.2) is 24.4 Å². The molecule has 5 atom stereocenters. The summed E-state index contributed by atoms with van der Waals surface area (Å²) in [7, 11) is 1.81. The topological polar surface area (TPSA) is 21.3 Å². The van der Waals surface area contributed by atoms with Crippen LogP contribution in [-0.2, 0) is 4.18 Å². The van der Waals surface area contributed by atoms with E-state index >= 15 is 0 Å². The maximum absolute atomic E-state index is 5.25. The Labute approximate surface area is 122 Å². The molecule has 3 fully saturated rings. The van der Waals surface area contributed by atoms with E-state index in [0.29, 0.717) is 0 Å². The molecule has 0 amide bonds.